The van der Waals surface area contributed by atoms with Crippen molar-refractivity contribution in [3.05, 3.63) is 58.6 Å². The quantitative estimate of drug-likeness (QED) is 0.781. The Morgan fingerprint density at radius 2 is 2.13 bits per heavy atom. The van der Waals surface area contributed by atoms with Crippen LogP contribution >= 0.6 is 11.6 Å². The average molecular weight is 223 g/mol. The highest BCUT2D eigenvalue weighted by atomic mass is 35.5. The summed E-state index contributed by atoms with van der Waals surface area (Å²) in [5, 5.41) is 8.02. The molecule has 1 heterocycles. The van der Waals surface area contributed by atoms with Gasteiger partial charge in [-0.1, -0.05) is 17.7 Å². The summed E-state index contributed by atoms with van der Waals surface area (Å²) in [6.45, 7) is 0. The van der Waals surface area contributed by atoms with Crippen molar-refractivity contribution in [1.82, 2.24) is 10.2 Å². The van der Waals surface area contributed by atoms with E-state index in [1.807, 2.05) is 0 Å². The molecule has 0 saturated heterocycles. The fourth-order valence-electron chi connectivity index (χ4n) is 1.29. The van der Waals surface area contributed by atoms with Gasteiger partial charge < -0.3 is 0 Å². The molecule has 0 atom stereocenters. The molecule has 2 rings (SSSR count). The van der Waals surface area contributed by atoms with Gasteiger partial charge in [-0.2, -0.15) is 10.2 Å². The van der Waals surface area contributed by atoms with E-state index in [-0.39, 0.29) is 5.82 Å². The van der Waals surface area contributed by atoms with E-state index in [0.717, 1.165) is 5.69 Å². The predicted molar refractivity (Wildman–Crippen MR) is 56.2 cm³/mol. The minimum absolute atomic E-state index is 0.312. The normalized spacial score (nSPS) is 10.3. The van der Waals surface area contributed by atoms with E-state index in [9.17, 15) is 4.39 Å². The zero-order valence-corrected chi connectivity index (χ0v) is 8.58. The van der Waals surface area contributed by atoms with Gasteiger partial charge in [0, 0.05) is 17.6 Å². The standard InChI is InChI=1S/C11H8ClFN2/c12-9-4-3-8(11(13)7-9)6-10-2-1-5-14-15-10/h1-5,7H,6H2. The molecule has 0 aliphatic carbocycles. The second-order valence-corrected chi connectivity index (χ2v) is 3.56. The van der Waals surface area contributed by atoms with Crippen LogP contribution in [0.4, 0.5) is 4.39 Å². The van der Waals surface area contributed by atoms with Crippen molar-refractivity contribution in [3.63, 3.8) is 0 Å². The van der Waals surface area contributed by atoms with E-state index in [1.54, 1.807) is 30.5 Å². The van der Waals surface area contributed by atoms with E-state index in [1.165, 1.54) is 6.07 Å². The smallest absolute Gasteiger partial charge is 0.128 e. The third kappa shape index (κ3) is 2.50. The van der Waals surface area contributed by atoms with Crippen LogP contribution in [0, 0.1) is 5.82 Å². The van der Waals surface area contributed by atoms with Crippen LogP contribution in [0.5, 0.6) is 0 Å². The molecule has 0 aliphatic rings. The Hall–Kier alpha value is -1.48. The van der Waals surface area contributed by atoms with Gasteiger partial charge in [0.2, 0.25) is 0 Å². The van der Waals surface area contributed by atoms with Crippen molar-refractivity contribution in [3.8, 4) is 0 Å². The lowest BCUT2D eigenvalue weighted by Gasteiger charge is -2.02. The zero-order chi connectivity index (χ0) is 10.7. The van der Waals surface area contributed by atoms with Crippen LogP contribution in [-0.2, 0) is 6.42 Å². The first-order valence-corrected chi connectivity index (χ1v) is 4.84. The number of aromatic nitrogens is 2. The molecule has 1 aromatic carbocycles. The molecule has 1 aromatic heterocycles. The molecular formula is C11H8ClFN2. The summed E-state index contributed by atoms with van der Waals surface area (Å²) in [6, 6.07) is 8.20. The summed E-state index contributed by atoms with van der Waals surface area (Å²) in [5.74, 6) is -0.312. The second kappa shape index (κ2) is 4.36. The average Bonchev–Trinajstić information content (AvgIpc) is 2.24. The molecule has 0 amide bonds. The Labute approximate surface area is 91.7 Å². The van der Waals surface area contributed by atoms with Crippen molar-refractivity contribution in [2.75, 3.05) is 0 Å². The fourth-order valence-corrected chi connectivity index (χ4v) is 1.45. The number of hydrogen-bond acceptors (Lipinski definition) is 2. The van der Waals surface area contributed by atoms with E-state index < -0.39 is 0 Å². The first-order valence-electron chi connectivity index (χ1n) is 4.46. The maximum absolute atomic E-state index is 13.4. The molecular weight excluding hydrogens is 215 g/mol. The number of rotatable bonds is 2. The van der Waals surface area contributed by atoms with Crippen LogP contribution in [-0.4, -0.2) is 10.2 Å². The van der Waals surface area contributed by atoms with E-state index in [0.29, 0.717) is 17.0 Å². The van der Waals surface area contributed by atoms with E-state index >= 15 is 0 Å². The lowest BCUT2D eigenvalue weighted by atomic mass is 10.1. The largest absolute Gasteiger partial charge is 0.207 e. The molecule has 76 valence electrons. The third-order valence-corrected chi connectivity index (χ3v) is 2.25. The third-order valence-electron chi connectivity index (χ3n) is 2.01. The lowest BCUT2D eigenvalue weighted by molar-refractivity contribution is 0.613. The monoisotopic (exact) mass is 222 g/mol. The molecule has 15 heavy (non-hydrogen) atoms. The minimum Gasteiger partial charge on any atom is -0.207 e. The highest BCUT2D eigenvalue weighted by Crippen LogP contribution is 2.16. The molecule has 2 aromatic rings. The molecule has 2 nitrogen and oxygen atoms in total. The van der Waals surface area contributed by atoms with Gasteiger partial charge in [-0.15, -0.1) is 0 Å². The van der Waals surface area contributed by atoms with Crippen LogP contribution in [0.25, 0.3) is 0 Å². The van der Waals surface area contributed by atoms with Crippen molar-refractivity contribution >= 4 is 11.6 Å². The summed E-state index contributed by atoms with van der Waals surface area (Å²) >= 11 is 5.65. The highest BCUT2D eigenvalue weighted by molar-refractivity contribution is 6.30. The van der Waals surface area contributed by atoms with Gasteiger partial charge >= 0.3 is 0 Å². The number of benzene rings is 1. The Bertz CT molecular complexity index is 459. The van der Waals surface area contributed by atoms with Gasteiger partial charge in [0.15, 0.2) is 0 Å². The summed E-state index contributed by atoms with van der Waals surface area (Å²) in [4.78, 5) is 0. The fraction of sp³-hybridized carbons (Fsp3) is 0.0909. The van der Waals surface area contributed by atoms with Crippen molar-refractivity contribution in [2.24, 2.45) is 0 Å². The Kier molecular flexibility index (Phi) is 2.92. The molecule has 0 radical (unpaired) electrons. The Morgan fingerprint density at radius 1 is 1.27 bits per heavy atom. The highest BCUT2D eigenvalue weighted by Gasteiger charge is 2.04. The summed E-state index contributed by atoms with van der Waals surface area (Å²) in [7, 11) is 0. The number of hydrogen-bond donors (Lipinski definition) is 0. The number of nitrogens with zero attached hydrogens (tertiary/aromatic N) is 2. The SMILES string of the molecule is Fc1cc(Cl)ccc1Cc1cccnn1. The first-order chi connectivity index (χ1) is 7.25. The van der Waals surface area contributed by atoms with Gasteiger partial charge in [0.05, 0.1) is 5.69 Å². The van der Waals surface area contributed by atoms with Crippen LogP contribution in [0.2, 0.25) is 5.02 Å². The molecule has 0 unspecified atom stereocenters. The molecule has 0 N–H and O–H groups in total. The van der Waals surface area contributed by atoms with Crippen molar-refractivity contribution in [2.45, 2.75) is 6.42 Å². The number of halogens is 2. The maximum atomic E-state index is 13.4. The molecule has 0 saturated carbocycles. The molecule has 0 fully saturated rings. The molecule has 4 heteroatoms. The van der Waals surface area contributed by atoms with Gasteiger partial charge in [0.1, 0.15) is 5.82 Å². The Balaban J connectivity index is 2.25. The predicted octanol–water partition coefficient (Wildman–Crippen LogP) is 2.86. The maximum Gasteiger partial charge on any atom is 0.128 e. The minimum atomic E-state index is -0.312. The summed E-state index contributed by atoms with van der Waals surface area (Å²) in [5.41, 5.74) is 1.30. The van der Waals surface area contributed by atoms with Gasteiger partial charge in [-0.25, -0.2) is 4.39 Å². The second-order valence-electron chi connectivity index (χ2n) is 3.13. The molecule has 0 bridgehead atoms. The summed E-state index contributed by atoms with van der Waals surface area (Å²) in [6.07, 6.45) is 2.01. The van der Waals surface area contributed by atoms with Crippen LogP contribution in [0.15, 0.2) is 36.5 Å². The van der Waals surface area contributed by atoms with Crippen molar-refractivity contribution < 1.29 is 4.39 Å². The lowest BCUT2D eigenvalue weighted by Crippen LogP contribution is -1.96. The molecule has 0 spiro atoms. The van der Waals surface area contributed by atoms with Gasteiger partial charge in [-0.3, -0.25) is 0 Å². The van der Waals surface area contributed by atoms with E-state index in [2.05, 4.69) is 10.2 Å². The van der Waals surface area contributed by atoms with Crippen LogP contribution < -0.4 is 0 Å². The van der Waals surface area contributed by atoms with Crippen molar-refractivity contribution in [1.29, 1.82) is 0 Å². The zero-order valence-electron chi connectivity index (χ0n) is 7.82. The van der Waals surface area contributed by atoms with Crippen LogP contribution in [0.1, 0.15) is 11.3 Å². The first kappa shape index (κ1) is 10.1. The van der Waals surface area contributed by atoms with Gasteiger partial charge in [-0.05, 0) is 29.8 Å². The topological polar surface area (TPSA) is 25.8 Å². The Morgan fingerprint density at radius 3 is 2.80 bits per heavy atom. The van der Waals surface area contributed by atoms with E-state index in [4.69, 9.17) is 11.6 Å². The molecule has 0 aliphatic heterocycles. The van der Waals surface area contributed by atoms with Gasteiger partial charge in [0.25, 0.3) is 0 Å². The van der Waals surface area contributed by atoms with Crippen LogP contribution in [0.3, 0.4) is 0 Å². The summed E-state index contributed by atoms with van der Waals surface area (Å²) < 4.78 is 13.4.